The monoisotopic (exact) mass is 490 g/mol. The van der Waals surface area contributed by atoms with Gasteiger partial charge in [-0.25, -0.2) is 4.99 Å². The molecule has 7 heteroatoms. The molecule has 2 rings (SSSR count). The molecule has 1 aliphatic rings. The second-order valence-corrected chi connectivity index (χ2v) is 7.42. The summed E-state index contributed by atoms with van der Waals surface area (Å²) in [5, 5.41) is 17.5. The van der Waals surface area contributed by atoms with Gasteiger partial charge in [0.15, 0.2) is 5.96 Å². The molecule has 1 aromatic rings. The third kappa shape index (κ3) is 6.89. The highest BCUT2D eigenvalue weighted by atomic mass is 127. The summed E-state index contributed by atoms with van der Waals surface area (Å²) in [5.41, 5.74) is -0.0634. The summed E-state index contributed by atoms with van der Waals surface area (Å²) in [7, 11) is 4.24. The minimum absolute atomic E-state index is 0. The molecule has 1 atom stereocenters. The van der Waals surface area contributed by atoms with Gasteiger partial charge in [0.05, 0.1) is 6.54 Å². The molecule has 0 aromatic heterocycles. The van der Waals surface area contributed by atoms with E-state index in [9.17, 15) is 5.11 Å². The van der Waals surface area contributed by atoms with Crippen LogP contribution in [0, 0.1) is 0 Å². The van der Waals surface area contributed by atoms with E-state index in [4.69, 9.17) is 4.74 Å². The van der Waals surface area contributed by atoms with E-state index in [1.54, 1.807) is 6.92 Å². The lowest BCUT2D eigenvalue weighted by molar-refractivity contribution is -0.00503. The number of hydrogen-bond donors (Lipinski definition) is 3. The molecule has 1 fully saturated rings. The SMILES string of the molecule is CCNC(=NCC(C)(O)c1ccccc1)NCC1(N(C)C)CCOCC1.I. The fourth-order valence-electron chi connectivity index (χ4n) is 3.24. The van der Waals surface area contributed by atoms with E-state index in [2.05, 4.69) is 34.6 Å². The van der Waals surface area contributed by atoms with Crippen molar-refractivity contribution in [2.45, 2.75) is 37.8 Å². The van der Waals surface area contributed by atoms with Crippen molar-refractivity contribution in [1.82, 2.24) is 15.5 Å². The summed E-state index contributed by atoms with van der Waals surface area (Å²) in [4.78, 5) is 6.91. The normalized spacial score (nSPS) is 19.1. The van der Waals surface area contributed by atoms with Gasteiger partial charge in [-0.05, 0) is 46.3 Å². The Balaban J connectivity index is 0.00000364. The maximum Gasteiger partial charge on any atom is 0.191 e. The van der Waals surface area contributed by atoms with E-state index in [1.165, 1.54) is 0 Å². The van der Waals surface area contributed by atoms with Crippen molar-refractivity contribution in [3.63, 3.8) is 0 Å². The molecule has 0 spiro atoms. The molecule has 1 heterocycles. The van der Waals surface area contributed by atoms with Crippen LogP contribution in [0.5, 0.6) is 0 Å². The van der Waals surface area contributed by atoms with Crippen LogP contribution in [0.3, 0.4) is 0 Å². The Hall–Kier alpha value is -0.900. The molecule has 1 saturated heterocycles. The first-order valence-corrected chi connectivity index (χ1v) is 9.45. The Kier molecular flexibility index (Phi) is 10.0. The number of likely N-dealkylation sites (N-methyl/N-ethyl adjacent to an activating group) is 1. The maximum absolute atomic E-state index is 10.8. The average molecular weight is 490 g/mol. The number of ether oxygens (including phenoxy) is 1. The second-order valence-electron chi connectivity index (χ2n) is 7.42. The highest BCUT2D eigenvalue weighted by Gasteiger charge is 2.35. The van der Waals surface area contributed by atoms with Crippen LogP contribution < -0.4 is 10.6 Å². The number of benzene rings is 1. The van der Waals surface area contributed by atoms with E-state index >= 15 is 0 Å². The van der Waals surface area contributed by atoms with Gasteiger partial charge in [0.25, 0.3) is 0 Å². The summed E-state index contributed by atoms with van der Waals surface area (Å²) in [6.07, 6.45) is 1.99. The molecule has 0 bridgehead atoms. The lowest BCUT2D eigenvalue weighted by Gasteiger charge is -2.43. The third-order valence-electron chi connectivity index (χ3n) is 5.24. The van der Waals surface area contributed by atoms with Gasteiger partial charge in [0.2, 0.25) is 0 Å². The number of guanidine groups is 1. The fourth-order valence-corrected chi connectivity index (χ4v) is 3.24. The van der Waals surface area contributed by atoms with Crippen molar-refractivity contribution < 1.29 is 9.84 Å². The van der Waals surface area contributed by atoms with Gasteiger partial charge in [-0.15, -0.1) is 24.0 Å². The van der Waals surface area contributed by atoms with Crippen LogP contribution in [0.15, 0.2) is 35.3 Å². The maximum atomic E-state index is 10.8. The molecule has 1 aromatic carbocycles. The molecule has 1 unspecified atom stereocenters. The van der Waals surface area contributed by atoms with Crippen molar-refractivity contribution in [3.05, 3.63) is 35.9 Å². The van der Waals surface area contributed by atoms with Crippen LogP contribution >= 0.6 is 24.0 Å². The van der Waals surface area contributed by atoms with Crippen molar-refractivity contribution in [1.29, 1.82) is 0 Å². The molecule has 3 N–H and O–H groups in total. The van der Waals surface area contributed by atoms with E-state index < -0.39 is 5.60 Å². The highest BCUT2D eigenvalue weighted by Crippen LogP contribution is 2.25. The smallest absolute Gasteiger partial charge is 0.191 e. The van der Waals surface area contributed by atoms with Crippen LogP contribution in [0.4, 0.5) is 0 Å². The third-order valence-corrected chi connectivity index (χ3v) is 5.24. The van der Waals surface area contributed by atoms with Gasteiger partial charge in [-0.3, -0.25) is 0 Å². The van der Waals surface area contributed by atoms with Crippen molar-refractivity contribution >= 4 is 29.9 Å². The molecule has 27 heavy (non-hydrogen) atoms. The van der Waals surface area contributed by atoms with E-state index in [1.807, 2.05) is 37.3 Å². The molecule has 0 aliphatic carbocycles. The van der Waals surface area contributed by atoms with Crippen molar-refractivity contribution in [2.75, 3.05) is 46.9 Å². The summed E-state index contributed by atoms with van der Waals surface area (Å²) < 4.78 is 5.54. The predicted octanol–water partition coefficient (Wildman–Crippen LogP) is 2.18. The molecule has 154 valence electrons. The molecule has 1 aliphatic heterocycles. The van der Waals surface area contributed by atoms with Gasteiger partial charge in [-0.2, -0.15) is 0 Å². The van der Waals surface area contributed by atoms with Gasteiger partial charge in [-0.1, -0.05) is 30.3 Å². The van der Waals surface area contributed by atoms with Crippen LogP contribution in [0.25, 0.3) is 0 Å². The Morgan fingerprint density at radius 2 is 1.85 bits per heavy atom. The number of halogens is 1. The number of hydrogen-bond acceptors (Lipinski definition) is 4. The Bertz CT molecular complexity index is 573. The number of aliphatic imine (C=N–C) groups is 1. The van der Waals surface area contributed by atoms with Gasteiger partial charge >= 0.3 is 0 Å². The summed E-state index contributed by atoms with van der Waals surface area (Å²) in [6, 6.07) is 9.67. The Morgan fingerprint density at radius 1 is 1.22 bits per heavy atom. The molecule has 0 saturated carbocycles. The van der Waals surface area contributed by atoms with E-state index in [-0.39, 0.29) is 29.5 Å². The van der Waals surface area contributed by atoms with Crippen LogP contribution in [0.1, 0.15) is 32.3 Å². The van der Waals surface area contributed by atoms with E-state index in [0.29, 0.717) is 6.54 Å². The lowest BCUT2D eigenvalue weighted by Crippen LogP contribution is -2.57. The Morgan fingerprint density at radius 3 is 2.41 bits per heavy atom. The first kappa shape index (κ1) is 24.1. The topological polar surface area (TPSA) is 69.1 Å². The standard InChI is InChI=1S/C20H34N4O2.HI/c1-5-21-18(22-15-19(2,25)17-9-7-6-8-10-17)23-16-20(24(3)4)11-13-26-14-12-20;/h6-10,25H,5,11-16H2,1-4H3,(H2,21,22,23);1H. The number of nitrogens with zero attached hydrogens (tertiary/aromatic N) is 2. The zero-order valence-electron chi connectivity index (χ0n) is 17.0. The number of nitrogens with one attached hydrogen (secondary N) is 2. The molecular weight excluding hydrogens is 455 g/mol. The predicted molar refractivity (Wildman–Crippen MR) is 122 cm³/mol. The van der Waals surface area contributed by atoms with Crippen LogP contribution in [0.2, 0.25) is 0 Å². The molecule has 6 nitrogen and oxygen atoms in total. The quantitative estimate of drug-likeness (QED) is 0.311. The summed E-state index contributed by atoms with van der Waals surface area (Å²) >= 11 is 0. The zero-order valence-corrected chi connectivity index (χ0v) is 19.3. The molecular formula is C20H35IN4O2. The Labute approximate surface area is 180 Å². The van der Waals surface area contributed by atoms with Gasteiger partial charge in [0.1, 0.15) is 5.60 Å². The summed E-state index contributed by atoms with van der Waals surface area (Å²) in [5.74, 6) is 0.733. The summed E-state index contributed by atoms with van der Waals surface area (Å²) in [6.45, 7) is 7.29. The minimum atomic E-state index is -0.998. The number of aliphatic hydroxyl groups is 1. The van der Waals surface area contributed by atoms with E-state index in [0.717, 1.165) is 50.7 Å². The van der Waals surface area contributed by atoms with Crippen molar-refractivity contribution in [2.24, 2.45) is 4.99 Å². The minimum Gasteiger partial charge on any atom is -0.384 e. The van der Waals surface area contributed by atoms with Gasteiger partial charge < -0.3 is 25.4 Å². The van der Waals surface area contributed by atoms with Crippen LogP contribution in [-0.4, -0.2) is 68.4 Å². The van der Waals surface area contributed by atoms with Gasteiger partial charge in [0, 0.05) is 31.8 Å². The average Bonchev–Trinajstić information content (AvgIpc) is 2.65. The largest absolute Gasteiger partial charge is 0.384 e. The highest BCUT2D eigenvalue weighted by molar-refractivity contribution is 14.0. The number of rotatable bonds is 7. The second kappa shape index (κ2) is 11.2. The first-order chi connectivity index (χ1) is 12.4. The fraction of sp³-hybridized carbons (Fsp3) is 0.650. The lowest BCUT2D eigenvalue weighted by atomic mass is 9.88. The van der Waals surface area contributed by atoms with Crippen LogP contribution in [-0.2, 0) is 10.3 Å². The molecule has 0 amide bonds. The zero-order chi connectivity index (χ0) is 19.0. The first-order valence-electron chi connectivity index (χ1n) is 9.45. The molecule has 0 radical (unpaired) electrons. The van der Waals surface area contributed by atoms with Crippen molar-refractivity contribution in [3.8, 4) is 0 Å².